The Labute approximate surface area is 123 Å². The summed E-state index contributed by atoms with van der Waals surface area (Å²) in [5.41, 5.74) is 1.70. The van der Waals surface area contributed by atoms with Gasteiger partial charge in [-0.15, -0.1) is 0 Å². The first-order chi connectivity index (χ1) is 9.74. The third-order valence-corrected chi connectivity index (χ3v) is 4.45. The molecule has 0 heterocycles. The molecule has 2 heteroatoms. The second-order valence-electron chi connectivity index (χ2n) is 6.17. The van der Waals surface area contributed by atoms with Crippen LogP contribution in [0.15, 0.2) is 24.3 Å². The lowest BCUT2D eigenvalue weighted by atomic mass is 9.73. The van der Waals surface area contributed by atoms with Gasteiger partial charge in [-0.2, -0.15) is 0 Å². The highest BCUT2D eigenvalue weighted by Crippen LogP contribution is 2.36. The minimum Gasteiger partial charge on any atom is -0.497 e. The van der Waals surface area contributed by atoms with Gasteiger partial charge in [0.25, 0.3) is 0 Å². The van der Waals surface area contributed by atoms with E-state index in [0.717, 1.165) is 18.3 Å². The number of nitrogens with one attached hydrogen (secondary N) is 1. The van der Waals surface area contributed by atoms with Crippen molar-refractivity contribution in [3.63, 3.8) is 0 Å². The van der Waals surface area contributed by atoms with Gasteiger partial charge >= 0.3 is 0 Å². The van der Waals surface area contributed by atoms with E-state index in [1.54, 1.807) is 7.11 Å². The van der Waals surface area contributed by atoms with Crippen LogP contribution in [0, 0.1) is 0 Å². The summed E-state index contributed by atoms with van der Waals surface area (Å²) in [6, 6.07) is 9.46. The van der Waals surface area contributed by atoms with Crippen molar-refractivity contribution >= 4 is 0 Å². The Hall–Kier alpha value is -1.02. The molecule has 0 spiro atoms. The zero-order valence-electron chi connectivity index (χ0n) is 13.2. The zero-order valence-corrected chi connectivity index (χ0v) is 13.2. The quantitative estimate of drug-likeness (QED) is 0.726. The Morgan fingerprint density at radius 3 is 2.45 bits per heavy atom. The molecule has 0 radical (unpaired) electrons. The molecule has 1 aliphatic carbocycles. The first-order valence-corrected chi connectivity index (χ1v) is 8.12. The molecule has 2 nitrogen and oxygen atoms in total. The molecule has 1 aliphatic rings. The lowest BCUT2D eigenvalue weighted by molar-refractivity contribution is 0.331. The molecular formula is C18H29NO. The van der Waals surface area contributed by atoms with Crippen molar-refractivity contribution in [3.8, 4) is 5.75 Å². The topological polar surface area (TPSA) is 21.3 Å². The van der Waals surface area contributed by atoms with Crippen LogP contribution in [-0.4, -0.2) is 19.7 Å². The average Bonchev–Trinajstić information content (AvgIpc) is 3.29. The minimum absolute atomic E-state index is 0.265. The van der Waals surface area contributed by atoms with Gasteiger partial charge in [0, 0.05) is 18.0 Å². The van der Waals surface area contributed by atoms with E-state index < -0.39 is 0 Å². The summed E-state index contributed by atoms with van der Waals surface area (Å²) >= 11 is 0. The molecule has 20 heavy (non-hydrogen) atoms. The van der Waals surface area contributed by atoms with E-state index in [1.165, 1.54) is 44.1 Å². The van der Waals surface area contributed by atoms with Gasteiger partial charge in [0.1, 0.15) is 5.75 Å². The van der Waals surface area contributed by atoms with Crippen LogP contribution in [0.5, 0.6) is 5.75 Å². The molecular weight excluding hydrogens is 246 g/mol. The summed E-state index contributed by atoms with van der Waals surface area (Å²) in [5.74, 6) is 0.977. The second-order valence-corrected chi connectivity index (χ2v) is 6.17. The maximum atomic E-state index is 5.42. The molecule has 0 saturated heterocycles. The Morgan fingerprint density at radius 2 is 1.90 bits per heavy atom. The highest BCUT2D eigenvalue weighted by atomic mass is 16.5. The molecule has 0 amide bonds. The maximum absolute atomic E-state index is 5.42. The van der Waals surface area contributed by atoms with E-state index in [4.69, 9.17) is 4.74 Å². The van der Waals surface area contributed by atoms with Crippen molar-refractivity contribution in [3.05, 3.63) is 29.8 Å². The molecule has 0 aromatic heterocycles. The van der Waals surface area contributed by atoms with Crippen LogP contribution in [0.1, 0.15) is 57.9 Å². The molecule has 112 valence electrons. The lowest BCUT2D eigenvalue weighted by Crippen LogP contribution is -2.39. The summed E-state index contributed by atoms with van der Waals surface area (Å²) in [5, 5.41) is 3.76. The van der Waals surface area contributed by atoms with Crippen molar-refractivity contribution < 1.29 is 4.74 Å². The highest BCUT2D eigenvalue weighted by molar-refractivity contribution is 5.34. The summed E-state index contributed by atoms with van der Waals surface area (Å²) in [6.45, 7) is 5.69. The molecule has 1 fully saturated rings. The predicted molar refractivity (Wildman–Crippen MR) is 85.5 cm³/mol. The van der Waals surface area contributed by atoms with E-state index in [1.807, 2.05) is 6.07 Å². The summed E-state index contributed by atoms with van der Waals surface area (Å²) in [7, 11) is 1.75. The lowest BCUT2D eigenvalue weighted by Gasteiger charge is -2.35. The molecule has 2 rings (SSSR count). The minimum atomic E-state index is 0.265. The van der Waals surface area contributed by atoms with Crippen LogP contribution < -0.4 is 10.1 Å². The number of benzene rings is 1. The number of hydrogen-bond acceptors (Lipinski definition) is 2. The van der Waals surface area contributed by atoms with Crippen molar-refractivity contribution in [2.24, 2.45) is 0 Å². The predicted octanol–water partition coefficient (Wildman–Crippen LogP) is 4.29. The maximum Gasteiger partial charge on any atom is 0.119 e. The van der Waals surface area contributed by atoms with Gasteiger partial charge in [-0.1, -0.05) is 38.8 Å². The van der Waals surface area contributed by atoms with Crippen LogP contribution in [0.3, 0.4) is 0 Å². The monoisotopic (exact) mass is 275 g/mol. The van der Waals surface area contributed by atoms with E-state index in [2.05, 4.69) is 37.4 Å². The SMILES string of the molecule is CCCC(CCC)(CNC1CC1)c1cccc(OC)c1. The third kappa shape index (κ3) is 3.76. The average molecular weight is 275 g/mol. The van der Waals surface area contributed by atoms with Crippen molar-refractivity contribution in [2.75, 3.05) is 13.7 Å². The summed E-state index contributed by atoms with van der Waals surface area (Å²) in [6.07, 6.45) is 7.65. The van der Waals surface area contributed by atoms with E-state index in [-0.39, 0.29) is 5.41 Å². The number of methoxy groups -OCH3 is 1. The van der Waals surface area contributed by atoms with Gasteiger partial charge in [-0.3, -0.25) is 0 Å². The first-order valence-electron chi connectivity index (χ1n) is 8.12. The normalized spacial score (nSPS) is 15.3. The van der Waals surface area contributed by atoms with E-state index in [9.17, 15) is 0 Å². The Kier molecular flexibility index (Phi) is 5.47. The van der Waals surface area contributed by atoms with Gasteiger partial charge in [0.15, 0.2) is 0 Å². The molecule has 1 aromatic rings. The van der Waals surface area contributed by atoms with Crippen molar-refractivity contribution in [1.29, 1.82) is 0 Å². The molecule has 0 aliphatic heterocycles. The fourth-order valence-electron chi connectivity index (χ4n) is 3.23. The number of rotatable bonds is 9. The van der Waals surface area contributed by atoms with E-state index in [0.29, 0.717) is 0 Å². The molecule has 0 atom stereocenters. The fraction of sp³-hybridized carbons (Fsp3) is 0.667. The van der Waals surface area contributed by atoms with Crippen LogP contribution in [0.4, 0.5) is 0 Å². The standard InChI is InChI=1S/C18H29NO/c1-4-11-18(12-5-2,14-19-16-9-10-16)15-7-6-8-17(13-15)20-3/h6-8,13,16,19H,4-5,9-12,14H2,1-3H3. The summed E-state index contributed by atoms with van der Waals surface area (Å²) < 4.78 is 5.42. The Balaban J connectivity index is 2.24. The summed E-state index contributed by atoms with van der Waals surface area (Å²) in [4.78, 5) is 0. The zero-order chi connectivity index (χ0) is 14.4. The smallest absolute Gasteiger partial charge is 0.119 e. The van der Waals surface area contributed by atoms with Crippen LogP contribution >= 0.6 is 0 Å². The van der Waals surface area contributed by atoms with Gasteiger partial charge in [-0.25, -0.2) is 0 Å². The highest BCUT2D eigenvalue weighted by Gasteiger charge is 2.33. The van der Waals surface area contributed by atoms with Crippen molar-refractivity contribution in [1.82, 2.24) is 5.32 Å². The molecule has 1 saturated carbocycles. The molecule has 0 unspecified atom stereocenters. The molecule has 1 N–H and O–H groups in total. The van der Waals surface area contributed by atoms with Crippen LogP contribution in [0.25, 0.3) is 0 Å². The number of ether oxygens (including phenoxy) is 1. The number of hydrogen-bond donors (Lipinski definition) is 1. The Bertz CT molecular complexity index is 406. The largest absolute Gasteiger partial charge is 0.497 e. The van der Waals surface area contributed by atoms with Gasteiger partial charge in [0.05, 0.1) is 7.11 Å². The van der Waals surface area contributed by atoms with Crippen LogP contribution in [0.2, 0.25) is 0 Å². The fourth-order valence-corrected chi connectivity index (χ4v) is 3.23. The van der Waals surface area contributed by atoms with Crippen LogP contribution in [-0.2, 0) is 5.41 Å². The third-order valence-electron chi connectivity index (χ3n) is 4.45. The van der Waals surface area contributed by atoms with Crippen molar-refractivity contribution in [2.45, 2.75) is 63.8 Å². The van der Waals surface area contributed by atoms with Gasteiger partial charge in [-0.05, 0) is 43.4 Å². The first kappa shape index (κ1) is 15.4. The molecule has 1 aromatic carbocycles. The van der Waals surface area contributed by atoms with E-state index >= 15 is 0 Å². The Morgan fingerprint density at radius 1 is 1.20 bits per heavy atom. The van der Waals surface area contributed by atoms with Gasteiger partial charge < -0.3 is 10.1 Å². The molecule has 0 bridgehead atoms. The second kappa shape index (κ2) is 7.12. The van der Waals surface area contributed by atoms with Gasteiger partial charge in [0.2, 0.25) is 0 Å².